The molecule has 0 saturated heterocycles. The number of carbonyl (C=O) groups is 1. The predicted octanol–water partition coefficient (Wildman–Crippen LogP) is 0.998. The molecule has 0 bridgehead atoms. The van der Waals surface area contributed by atoms with E-state index in [4.69, 9.17) is 0 Å². The Morgan fingerprint density at radius 1 is 1.32 bits per heavy atom. The molecular weight excluding hydrogens is 278 g/mol. The van der Waals surface area contributed by atoms with Gasteiger partial charge in [0.1, 0.15) is 0 Å². The van der Waals surface area contributed by atoms with Crippen LogP contribution in [0.25, 0.3) is 0 Å². The number of amides is 1. The van der Waals surface area contributed by atoms with Crippen LogP contribution in [0, 0.1) is 5.92 Å². The Bertz CT molecular complexity index is 637. The van der Waals surface area contributed by atoms with Crippen LogP contribution in [0.4, 0.5) is 0 Å². The number of rotatable bonds is 3. The zero-order valence-corrected chi connectivity index (χ0v) is 13.0. The van der Waals surface area contributed by atoms with Crippen LogP contribution in [-0.4, -0.2) is 51.1 Å². The summed E-state index contributed by atoms with van der Waals surface area (Å²) in [6, 6.07) is 6.04. The van der Waals surface area contributed by atoms with Gasteiger partial charge in [0.25, 0.3) is 0 Å². The molecule has 6 nitrogen and oxygen atoms in total. The number of carbonyl (C=O) groups excluding carboxylic acids is 1. The number of fused-ring (bicyclic) bond motifs is 1. The van der Waals surface area contributed by atoms with Crippen molar-refractivity contribution in [2.45, 2.75) is 19.6 Å². The third-order valence-electron chi connectivity index (χ3n) is 3.98. The molecule has 1 aliphatic heterocycles. The highest BCUT2D eigenvalue weighted by Gasteiger charge is 2.28. The van der Waals surface area contributed by atoms with E-state index in [0.29, 0.717) is 6.54 Å². The molecule has 3 rings (SSSR count). The molecule has 1 amide bonds. The summed E-state index contributed by atoms with van der Waals surface area (Å²) in [5, 5.41) is 4.36. The second-order valence-electron chi connectivity index (χ2n) is 5.97. The summed E-state index contributed by atoms with van der Waals surface area (Å²) < 4.78 is 1.95. The summed E-state index contributed by atoms with van der Waals surface area (Å²) in [5.41, 5.74) is 2.31. The van der Waals surface area contributed by atoms with E-state index >= 15 is 0 Å². The highest BCUT2D eigenvalue weighted by atomic mass is 16.2. The summed E-state index contributed by atoms with van der Waals surface area (Å²) in [6.07, 6.45) is 5.46. The Hall–Kier alpha value is -2.21. The second-order valence-corrected chi connectivity index (χ2v) is 5.97. The van der Waals surface area contributed by atoms with Crippen LogP contribution >= 0.6 is 0 Å². The first-order chi connectivity index (χ1) is 10.6. The Kier molecular flexibility index (Phi) is 4.20. The molecular formula is C16H21N5O. The molecule has 116 valence electrons. The molecule has 0 spiro atoms. The van der Waals surface area contributed by atoms with Crippen molar-refractivity contribution >= 4 is 5.91 Å². The van der Waals surface area contributed by atoms with Crippen LogP contribution < -0.4 is 0 Å². The predicted molar refractivity (Wildman–Crippen MR) is 82.8 cm³/mol. The van der Waals surface area contributed by atoms with Gasteiger partial charge >= 0.3 is 0 Å². The van der Waals surface area contributed by atoms with Gasteiger partial charge in [0.2, 0.25) is 5.91 Å². The fraction of sp³-hybridized carbons (Fsp3) is 0.438. The van der Waals surface area contributed by atoms with Gasteiger partial charge in [0.15, 0.2) is 0 Å². The molecule has 0 aromatic carbocycles. The fourth-order valence-electron chi connectivity index (χ4n) is 2.92. The number of hydrogen-bond acceptors (Lipinski definition) is 4. The third kappa shape index (κ3) is 3.17. The van der Waals surface area contributed by atoms with Gasteiger partial charge in [-0.05, 0) is 17.7 Å². The van der Waals surface area contributed by atoms with Crippen LogP contribution in [-0.2, 0) is 24.4 Å². The minimum Gasteiger partial charge on any atom is -0.348 e. The van der Waals surface area contributed by atoms with Crippen molar-refractivity contribution in [3.63, 3.8) is 0 Å². The standard InChI is InChI=1S/C16H21N5O/c1-19(2)16(22)14-10-20(9-13-4-3-6-17-8-13)12-15-5-7-18-21(15)11-14/h3-8,14H,9-12H2,1-2H3. The first-order valence-corrected chi connectivity index (χ1v) is 7.46. The van der Waals surface area contributed by atoms with E-state index in [2.05, 4.69) is 21.0 Å². The molecule has 0 N–H and O–H groups in total. The Balaban J connectivity index is 1.82. The van der Waals surface area contributed by atoms with E-state index in [1.165, 1.54) is 0 Å². The highest BCUT2D eigenvalue weighted by molar-refractivity contribution is 5.78. The van der Waals surface area contributed by atoms with Gasteiger partial charge in [0, 0.05) is 52.3 Å². The molecule has 2 aromatic heterocycles. The lowest BCUT2D eigenvalue weighted by atomic mass is 10.1. The maximum Gasteiger partial charge on any atom is 0.228 e. The second kappa shape index (κ2) is 6.27. The van der Waals surface area contributed by atoms with Crippen molar-refractivity contribution in [2.24, 2.45) is 5.92 Å². The average Bonchev–Trinajstić information content (AvgIpc) is 2.86. The van der Waals surface area contributed by atoms with Crippen LogP contribution in [0.5, 0.6) is 0 Å². The van der Waals surface area contributed by atoms with Gasteiger partial charge in [-0.25, -0.2) is 0 Å². The largest absolute Gasteiger partial charge is 0.348 e. The lowest BCUT2D eigenvalue weighted by molar-refractivity contribution is -0.134. The molecule has 2 aromatic rings. The van der Waals surface area contributed by atoms with E-state index in [0.717, 1.165) is 30.9 Å². The molecule has 1 aliphatic rings. The van der Waals surface area contributed by atoms with E-state index in [1.807, 2.05) is 37.1 Å². The Morgan fingerprint density at radius 3 is 2.91 bits per heavy atom. The quantitative estimate of drug-likeness (QED) is 0.848. The maximum absolute atomic E-state index is 12.4. The van der Waals surface area contributed by atoms with Crippen molar-refractivity contribution in [3.8, 4) is 0 Å². The minimum atomic E-state index is -0.0761. The molecule has 6 heteroatoms. The smallest absolute Gasteiger partial charge is 0.228 e. The summed E-state index contributed by atoms with van der Waals surface area (Å²) >= 11 is 0. The van der Waals surface area contributed by atoms with Crippen LogP contribution in [0.1, 0.15) is 11.3 Å². The molecule has 1 unspecified atom stereocenters. The highest BCUT2D eigenvalue weighted by Crippen LogP contribution is 2.19. The lowest BCUT2D eigenvalue weighted by Crippen LogP contribution is -2.38. The molecule has 0 saturated carbocycles. The fourth-order valence-corrected chi connectivity index (χ4v) is 2.92. The first-order valence-electron chi connectivity index (χ1n) is 7.46. The lowest BCUT2D eigenvalue weighted by Gasteiger charge is -2.25. The van der Waals surface area contributed by atoms with Gasteiger partial charge in [-0.2, -0.15) is 5.10 Å². The summed E-state index contributed by atoms with van der Waals surface area (Å²) in [4.78, 5) is 20.6. The van der Waals surface area contributed by atoms with E-state index < -0.39 is 0 Å². The van der Waals surface area contributed by atoms with E-state index in [-0.39, 0.29) is 11.8 Å². The van der Waals surface area contributed by atoms with Crippen molar-refractivity contribution < 1.29 is 4.79 Å². The van der Waals surface area contributed by atoms with E-state index in [9.17, 15) is 4.79 Å². The van der Waals surface area contributed by atoms with Crippen molar-refractivity contribution in [3.05, 3.63) is 48.0 Å². The van der Waals surface area contributed by atoms with E-state index in [1.54, 1.807) is 17.3 Å². The maximum atomic E-state index is 12.4. The normalized spacial score (nSPS) is 18.5. The van der Waals surface area contributed by atoms with Crippen LogP contribution in [0.2, 0.25) is 0 Å². The summed E-state index contributed by atoms with van der Waals surface area (Å²) in [7, 11) is 3.62. The number of pyridine rings is 1. The number of aromatic nitrogens is 3. The van der Waals surface area contributed by atoms with Crippen LogP contribution in [0.3, 0.4) is 0 Å². The first kappa shape index (κ1) is 14.7. The molecule has 3 heterocycles. The zero-order valence-electron chi connectivity index (χ0n) is 13.0. The van der Waals surface area contributed by atoms with Crippen LogP contribution in [0.15, 0.2) is 36.8 Å². The van der Waals surface area contributed by atoms with Gasteiger partial charge in [-0.3, -0.25) is 19.4 Å². The molecule has 0 radical (unpaired) electrons. The SMILES string of the molecule is CN(C)C(=O)C1CN(Cc2cccnc2)Cc2ccnn2C1. The minimum absolute atomic E-state index is 0.0761. The average molecular weight is 299 g/mol. The van der Waals surface area contributed by atoms with Crippen molar-refractivity contribution in [1.29, 1.82) is 0 Å². The number of nitrogens with zero attached hydrogens (tertiary/aromatic N) is 5. The third-order valence-corrected chi connectivity index (χ3v) is 3.98. The zero-order chi connectivity index (χ0) is 15.5. The monoisotopic (exact) mass is 299 g/mol. The Morgan fingerprint density at radius 2 is 2.18 bits per heavy atom. The molecule has 22 heavy (non-hydrogen) atoms. The molecule has 0 fully saturated rings. The Labute approximate surface area is 130 Å². The number of hydrogen-bond donors (Lipinski definition) is 0. The van der Waals surface area contributed by atoms with Gasteiger partial charge in [0.05, 0.1) is 18.2 Å². The van der Waals surface area contributed by atoms with Gasteiger partial charge in [-0.15, -0.1) is 0 Å². The van der Waals surface area contributed by atoms with Crippen molar-refractivity contribution in [1.82, 2.24) is 24.6 Å². The summed E-state index contributed by atoms with van der Waals surface area (Å²) in [6.45, 7) is 2.96. The molecule has 0 aliphatic carbocycles. The topological polar surface area (TPSA) is 54.3 Å². The van der Waals surface area contributed by atoms with Gasteiger partial charge < -0.3 is 4.90 Å². The molecule has 1 atom stereocenters. The van der Waals surface area contributed by atoms with Gasteiger partial charge in [-0.1, -0.05) is 6.07 Å². The van der Waals surface area contributed by atoms with Crippen molar-refractivity contribution in [2.75, 3.05) is 20.6 Å². The summed E-state index contributed by atoms with van der Waals surface area (Å²) in [5.74, 6) is 0.0763.